The Morgan fingerprint density at radius 2 is 1.68 bits per heavy atom. The first-order valence-electron chi connectivity index (χ1n) is 11.1. The van der Waals surface area contributed by atoms with Gasteiger partial charge < -0.3 is 4.42 Å². The van der Waals surface area contributed by atoms with Crippen LogP contribution in [0.4, 0.5) is 15.8 Å². The summed E-state index contributed by atoms with van der Waals surface area (Å²) < 4.78 is 46.5. The Bertz CT molecular complexity index is 1580. The summed E-state index contributed by atoms with van der Waals surface area (Å²) in [5, 5.41) is 14.6. The van der Waals surface area contributed by atoms with Crippen molar-refractivity contribution in [3.8, 4) is 11.3 Å². The molecule has 38 heavy (non-hydrogen) atoms. The number of nitrogens with zero attached hydrogens (tertiary/aromatic N) is 3. The normalized spacial score (nSPS) is 11.4. The fraction of sp³-hybridized carbons (Fsp3) is 0.0769. The zero-order valence-corrected chi connectivity index (χ0v) is 20.8. The Morgan fingerprint density at radius 1 is 1.03 bits per heavy atom. The highest BCUT2D eigenvalue weighted by Crippen LogP contribution is 2.25. The zero-order valence-electron chi connectivity index (χ0n) is 19.9. The molecule has 0 aliphatic heterocycles. The summed E-state index contributed by atoms with van der Waals surface area (Å²) in [6.07, 6.45) is 1.23. The number of nitrogens with one attached hydrogen (secondary N) is 1. The van der Waals surface area contributed by atoms with Gasteiger partial charge in [0.2, 0.25) is 0 Å². The molecule has 194 valence electrons. The van der Waals surface area contributed by atoms with Gasteiger partial charge in [-0.15, -0.1) is 0 Å². The molecular formula is C26H21FN4O6S. The van der Waals surface area contributed by atoms with Crippen molar-refractivity contribution in [1.82, 2.24) is 5.43 Å². The third kappa shape index (κ3) is 6.10. The van der Waals surface area contributed by atoms with Crippen LogP contribution in [0.15, 0.2) is 99.3 Å². The van der Waals surface area contributed by atoms with E-state index in [2.05, 4.69) is 10.5 Å². The molecule has 0 radical (unpaired) electrons. The number of aryl methyl sites for hydroxylation is 1. The molecule has 0 saturated heterocycles. The van der Waals surface area contributed by atoms with Gasteiger partial charge in [-0.1, -0.05) is 17.7 Å². The minimum Gasteiger partial charge on any atom is -0.455 e. The molecule has 0 bridgehead atoms. The van der Waals surface area contributed by atoms with Crippen molar-refractivity contribution in [1.29, 1.82) is 0 Å². The number of halogens is 1. The fourth-order valence-corrected chi connectivity index (χ4v) is 4.84. The van der Waals surface area contributed by atoms with Crippen LogP contribution in [-0.4, -0.2) is 32.0 Å². The number of anilines is 1. The molecule has 4 aromatic rings. The minimum absolute atomic E-state index is 0.0501. The molecule has 10 nitrogen and oxygen atoms in total. The molecule has 0 fully saturated rings. The highest BCUT2D eigenvalue weighted by molar-refractivity contribution is 7.92. The number of sulfonamides is 1. The van der Waals surface area contributed by atoms with Gasteiger partial charge in [-0.25, -0.2) is 18.2 Å². The zero-order chi connectivity index (χ0) is 27.3. The first-order chi connectivity index (χ1) is 18.1. The molecule has 4 rings (SSSR count). The summed E-state index contributed by atoms with van der Waals surface area (Å²) in [7, 11) is -4.20. The first-order valence-corrected chi connectivity index (χ1v) is 12.6. The van der Waals surface area contributed by atoms with Crippen LogP contribution >= 0.6 is 0 Å². The summed E-state index contributed by atoms with van der Waals surface area (Å²) in [6, 6.07) is 19.9. The summed E-state index contributed by atoms with van der Waals surface area (Å²) in [5.74, 6) is -0.598. The number of nitro groups is 1. The van der Waals surface area contributed by atoms with Gasteiger partial charge in [-0.2, -0.15) is 5.10 Å². The molecule has 0 spiro atoms. The molecule has 1 heterocycles. The number of amides is 1. The lowest BCUT2D eigenvalue weighted by Crippen LogP contribution is -2.39. The van der Waals surface area contributed by atoms with E-state index in [-0.39, 0.29) is 22.0 Å². The van der Waals surface area contributed by atoms with E-state index in [1.54, 1.807) is 48.5 Å². The van der Waals surface area contributed by atoms with Crippen molar-refractivity contribution in [2.24, 2.45) is 5.10 Å². The van der Waals surface area contributed by atoms with E-state index in [0.717, 1.165) is 34.1 Å². The van der Waals surface area contributed by atoms with E-state index in [9.17, 15) is 27.7 Å². The Balaban J connectivity index is 1.47. The molecule has 1 amide bonds. The van der Waals surface area contributed by atoms with Crippen molar-refractivity contribution in [2.75, 3.05) is 10.8 Å². The molecule has 0 saturated carbocycles. The van der Waals surface area contributed by atoms with E-state index in [0.29, 0.717) is 11.3 Å². The lowest BCUT2D eigenvalue weighted by molar-refractivity contribution is -0.384. The van der Waals surface area contributed by atoms with E-state index < -0.39 is 33.2 Å². The molecule has 0 aliphatic carbocycles. The van der Waals surface area contributed by atoms with Gasteiger partial charge in [0.25, 0.3) is 21.6 Å². The number of carbonyl (C=O) groups excluding carboxylic acids is 1. The predicted octanol–water partition coefficient (Wildman–Crippen LogP) is 4.65. The number of hydrogen-bond donors (Lipinski definition) is 1. The third-order valence-electron chi connectivity index (χ3n) is 5.38. The van der Waals surface area contributed by atoms with Crippen LogP contribution in [0.1, 0.15) is 11.3 Å². The SMILES string of the molecule is Cc1ccc(N(CC(=O)N/N=C\c2ccc(-c3ccc([N+](=O)[O-])cc3)o2)S(=O)(=O)c2ccc(F)cc2)cc1. The minimum atomic E-state index is -4.20. The number of nitro benzene ring substituents is 1. The van der Waals surface area contributed by atoms with Gasteiger partial charge in [0.1, 0.15) is 23.9 Å². The molecule has 3 aromatic carbocycles. The van der Waals surface area contributed by atoms with Gasteiger partial charge in [-0.05, 0) is 67.6 Å². The second-order valence-corrected chi connectivity index (χ2v) is 9.96. The lowest BCUT2D eigenvalue weighted by Gasteiger charge is -2.23. The van der Waals surface area contributed by atoms with Crippen LogP contribution in [0.5, 0.6) is 0 Å². The second kappa shape index (κ2) is 11.0. The standard InChI is InChI=1S/C26H21FN4O6S/c1-18-2-8-21(9-3-18)30(38(35,36)24-13-6-20(27)7-14-24)17-26(32)29-28-16-23-12-15-25(37-23)19-4-10-22(11-5-19)31(33)34/h2-16H,17H2,1H3,(H,29,32)/b28-16-. The van der Waals surface area contributed by atoms with Crippen LogP contribution < -0.4 is 9.73 Å². The maximum atomic E-state index is 13.4. The molecule has 0 unspecified atom stereocenters. The molecule has 1 aromatic heterocycles. The predicted molar refractivity (Wildman–Crippen MR) is 139 cm³/mol. The van der Waals surface area contributed by atoms with Crippen molar-refractivity contribution in [3.05, 3.63) is 112 Å². The Labute approximate surface area is 217 Å². The van der Waals surface area contributed by atoms with Gasteiger partial charge >= 0.3 is 0 Å². The summed E-state index contributed by atoms with van der Waals surface area (Å²) in [6.45, 7) is 1.25. The smallest absolute Gasteiger partial charge is 0.269 e. The Hall–Kier alpha value is -4.84. The Kier molecular flexibility index (Phi) is 7.63. The van der Waals surface area contributed by atoms with Crippen LogP contribution in [0.3, 0.4) is 0 Å². The monoisotopic (exact) mass is 536 g/mol. The number of non-ortho nitro benzene ring substituents is 1. The van der Waals surface area contributed by atoms with Crippen LogP contribution in [0.25, 0.3) is 11.3 Å². The summed E-state index contributed by atoms with van der Waals surface area (Å²) in [5.41, 5.74) is 3.98. The average Bonchev–Trinajstić information content (AvgIpc) is 3.37. The largest absolute Gasteiger partial charge is 0.455 e. The molecule has 1 N–H and O–H groups in total. The van der Waals surface area contributed by atoms with Crippen LogP contribution in [0, 0.1) is 22.9 Å². The van der Waals surface area contributed by atoms with Crippen molar-refractivity contribution in [3.63, 3.8) is 0 Å². The second-order valence-electron chi connectivity index (χ2n) is 8.10. The van der Waals surface area contributed by atoms with E-state index >= 15 is 0 Å². The lowest BCUT2D eigenvalue weighted by atomic mass is 10.1. The van der Waals surface area contributed by atoms with Crippen molar-refractivity contribution < 1.29 is 26.9 Å². The third-order valence-corrected chi connectivity index (χ3v) is 7.17. The van der Waals surface area contributed by atoms with Gasteiger partial charge in [0, 0.05) is 17.7 Å². The topological polar surface area (TPSA) is 135 Å². The summed E-state index contributed by atoms with van der Waals surface area (Å²) in [4.78, 5) is 22.8. The highest BCUT2D eigenvalue weighted by atomic mass is 32.2. The number of hydrogen-bond acceptors (Lipinski definition) is 7. The average molecular weight is 537 g/mol. The van der Waals surface area contributed by atoms with Crippen LogP contribution in [-0.2, 0) is 14.8 Å². The van der Waals surface area contributed by atoms with Crippen molar-refractivity contribution in [2.45, 2.75) is 11.8 Å². The van der Waals surface area contributed by atoms with Gasteiger partial charge in [0.05, 0.1) is 21.7 Å². The van der Waals surface area contributed by atoms with E-state index in [1.807, 2.05) is 6.92 Å². The number of furan rings is 1. The number of hydrazone groups is 1. The fourth-order valence-electron chi connectivity index (χ4n) is 3.42. The van der Waals surface area contributed by atoms with Gasteiger partial charge in [0.15, 0.2) is 0 Å². The number of carbonyl (C=O) groups is 1. The molecular weight excluding hydrogens is 515 g/mol. The highest BCUT2D eigenvalue weighted by Gasteiger charge is 2.27. The first kappa shape index (κ1) is 26.2. The maximum absolute atomic E-state index is 13.4. The quantitative estimate of drug-likeness (QED) is 0.188. The van der Waals surface area contributed by atoms with Gasteiger partial charge in [-0.3, -0.25) is 19.2 Å². The van der Waals surface area contributed by atoms with Crippen molar-refractivity contribution >= 4 is 33.5 Å². The summed E-state index contributed by atoms with van der Waals surface area (Å²) >= 11 is 0. The van der Waals surface area contributed by atoms with E-state index in [4.69, 9.17) is 4.42 Å². The maximum Gasteiger partial charge on any atom is 0.269 e. The molecule has 0 aliphatic rings. The molecule has 12 heteroatoms. The Morgan fingerprint density at radius 3 is 2.32 bits per heavy atom. The van der Waals surface area contributed by atoms with E-state index in [1.165, 1.54) is 18.3 Å². The molecule has 0 atom stereocenters. The number of benzene rings is 3. The van der Waals surface area contributed by atoms with Crippen LogP contribution in [0.2, 0.25) is 0 Å². The number of rotatable bonds is 9.